The van der Waals surface area contributed by atoms with E-state index in [-0.39, 0.29) is 19.3 Å². The normalized spacial score (nSPS) is 25.7. The van der Waals surface area contributed by atoms with Crippen molar-refractivity contribution in [2.45, 2.75) is 19.3 Å². The molecule has 2 aliphatic rings. The molecular formula is C21H39NO13. The maximum absolute atomic E-state index is 10.7. The van der Waals surface area contributed by atoms with E-state index in [2.05, 4.69) is 5.90 Å². The maximum Gasteiger partial charge on any atom is 0.306 e. The lowest BCUT2D eigenvalue weighted by molar-refractivity contribution is -0.670. The number of ether oxygens (including phenoxy) is 6. The minimum Gasteiger partial charge on any atom is -0.550 e. The SMILES string of the molecule is C1COCCOCCOCCOCCOCCO1.O=C([O-])C1C[C@@H](C(=O)O)C[C@@H](C(=O)O)C1.[NH3+]O. The Kier molecular flexibility index (Phi) is 21.3. The Morgan fingerprint density at radius 2 is 0.714 bits per heavy atom. The summed E-state index contributed by atoms with van der Waals surface area (Å²) in [6, 6.07) is 0. The van der Waals surface area contributed by atoms with Crippen molar-refractivity contribution < 1.29 is 69.2 Å². The van der Waals surface area contributed by atoms with Crippen LogP contribution >= 0.6 is 0 Å². The van der Waals surface area contributed by atoms with Gasteiger partial charge in [-0.1, -0.05) is 0 Å². The number of carboxylic acids is 3. The van der Waals surface area contributed by atoms with E-state index in [0.29, 0.717) is 79.3 Å². The summed E-state index contributed by atoms with van der Waals surface area (Å²) in [7, 11) is 0. The molecule has 0 spiro atoms. The Balaban J connectivity index is 0.000000625. The standard InChI is InChI=1S/C12H24O6.C9H12O6.H4NO/c1-2-14-5-6-16-9-10-18-12-11-17-8-7-15-4-3-13-1;10-7(11)4-1-5(8(12)13)3-6(2-4)9(14)15;1-2/h1-12H2;4-6H,1-3H2,(H,10,11)(H,12,13)(H,14,15);2H,1H3/q;;+1/p-1. The van der Waals surface area contributed by atoms with Gasteiger partial charge < -0.3 is 48.5 Å². The van der Waals surface area contributed by atoms with Crippen molar-refractivity contribution in [3.05, 3.63) is 0 Å². The zero-order valence-electron chi connectivity index (χ0n) is 20.0. The van der Waals surface area contributed by atoms with Gasteiger partial charge in [-0.2, -0.15) is 0 Å². The molecule has 0 aromatic carbocycles. The first-order valence-corrected chi connectivity index (χ1v) is 11.4. The summed E-state index contributed by atoms with van der Waals surface area (Å²) in [4.78, 5) is 32.0. The van der Waals surface area contributed by atoms with Gasteiger partial charge in [0.15, 0.2) is 0 Å². The molecule has 0 radical (unpaired) electrons. The van der Waals surface area contributed by atoms with Gasteiger partial charge >= 0.3 is 11.9 Å². The Bertz CT molecular complexity index is 435. The summed E-state index contributed by atoms with van der Waals surface area (Å²) >= 11 is 0. The highest BCUT2D eigenvalue weighted by Crippen LogP contribution is 2.33. The third-order valence-corrected chi connectivity index (χ3v) is 4.97. The summed E-state index contributed by atoms with van der Waals surface area (Å²) in [5.74, 6) is -4.18. The van der Waals surface area contributed by atoms with Gasteiger partial charge in [0.25, 0.3) is 0 Å². The van der Waals surface area contributed by atoms with E-state index >= 15 is 0 Å². The molecule has 0 aromatic heterocycles. The van der Waals surface area contributed by atoms with Gasteiger partial charge in [0.2, 0.25) is 0 Å². The Morgan fingerprint density at radius 3 is 0.886 bits per heavy atom. The predicted octanol–water partition coefficient (Wildman–Crippen LogP) is -2.34. The molecule has 3 atom stereocenters. The molecule has 2 fully saturated rings. The van der Waals surface area contributed by atoms with Crippen LogP contribution in [-0.4, -0.2) is 113 Å². The number of carboxylic acid groups (broad SMARTS) is 3. The fourth-order valence-electron chi connectivity index (χ4n) is 3.23. The third kappa shape index (κ3) is 18.1. The van der Waals surface area contributed by atoms with Crippen molar-refractivity contribution in [3.63, 3.8) is 0 Å². The zero-order valence-corrected chi connectivity index (χ0v) is 20.0. The van der Waals surface area contributed by atoms with E-state index < -0.39 is 35.7 Å². The van der Waals surface area contributed by atoms with Crippen molar-refractivity contribution in [3.8, 4) is 0 Å². The summed E-state index contributed by atoms with van der Waals surface area (Å²) in [5.41, 5.74) is 0. The first-order valence-electron chi connectivity index (χ1n) is 11.4. The van der Waals surface area contributed by atoms with E-state index in [9.17, 15) is 19.5 Å². The molecule has 1 saturated carbocycles. The van der Waals surface area contributed by atoms with Gasteiger partial charge in [0.05, 0.1) is 91.1 Å². The van der Waals surface area contributed by atoms with Crippen LogP contribution in [0.15, 0.2) is 0 Å². The number of carbonyl (C=O) groups is 3. The van der Waals surface area contributed by atoms with Crippen LogP contribution in [-0.2, 0) is 42.8 Å². The van der Waals surface area contributed by atoms with Gasteiger partial charge in [-0.3, -0.25) is 9.59 Å². The van der Waals surface area contributed by atoms with E-state index in [4.69, 9.17) is 43.8 Å². The summed E-state index contributed by atoms with van der Waals surface area (Å²) < 4.78 is 32.0. The quantitative estimate of drug-likeness (QED) is 0.291. The minimum atomic E-state index is -1.37. The smallest absolute Gasteiger partial charge is 0.306 e. The first kappa shape index (κ1) is 33.1. The second kappa shape index (κ2) is 22.5. The number of carbonyl (C=O) groups excluding carboxylic acids is 1. The second-order valence-electron chi connectivity index (χ2n) is 7.47. The van der Waals surface area contributed by atoms with Crippen LogP contribution in [0.4, 0.5) is 0 Å². The largest absolute Gasteiger partial charge is 0.550 e. The first-order chi connectivity index (χ1) is 16.9. The van der Waals surface area contributed by atoms with Crippen molar-refractivity contribution in [2.75, 3.05) is 79.3 Å². The topological polar surface area (TPSA) is 218 Å². The summed E-state index contributed by atoms with van der Waals surface area (Å²) in [5, 5.41) is 34.8. The number of hydrogen-bond acceptors (Lipinski definition) is 11. The average molecular weight is 514 g/mol. The number of rotatable bonds is 3. The van der Waals surface area contributed by atoms with Crippen LogP contribution in [0.25, 0.3) is 0 Å². The lowest BCUT2D eigenvalue weighted by atomic mass is 9.75. The van der Waals surface area contributed by atoms with Crippen molar-refractivity contribution in [1.29, 1.82) is 0 Å². The minimum absolute atomic E-state index is 0.00551. The molecule has 1 unspecified atom stereocenters. The third-order valence-electron chi connectivity index (χ3n) is 4.97. The van der Waals surface area contributed by atoms with E-state index in [1.807, 2.05) is 0 Å². The van der Waals surface area contributed by atoms with E-state index in [1.54, 1.807) is 0 Å². The molecule has 1 aliphatic heterocycles. The number of hydrogen-bond donors (Lipinski definition) is 4. The second-order valence-corrected chi connectivity index (χ2v) is 7.47. The Morgan fingerprint density at radius 1 is 0.514 bits per heavy atom. The highest BCUT2D eigenvalue weighted by molar-refractivity contribution is 5.77. The highest BCUT2D eigenvalue weighted by atomic mass is 16.6. The molecule has 0 aromatic rings. The molecular weight excluding hydrogens is 474 g/mol. The average Bonchev–Trinajstić information content (AvgIpc) is 2.85. The zero-order chi connectivity index (χ0) is 26.3. The van der Waals surface area contributed by atoms with Crippen LogP contribution in [0.1, 0.15) is 19.3 Å². The van der Waals surface area contributed by atoms with Crippen LogP contribution in [0.3, 0.4) is 0 Å². The van der Waals surface area contributed by atoms with E-state index in [0.717, 1.165) is 0 Å². The molecule has 206 valence electrons. The molecule has 35 heavy (non-hydrogen) atoms. The van der Waals surface area contributed by atoms with Gasteiger partial charge in [-0.15, -0.1) is 0 Å². The number of aliphatic carboxylic acids is 3. The molecule has 0 bridgehead atoms. The van der Waals surface area contributed by atoms with Crippen LogP contribution in [0.5, 0.6) is 0 Å². The summed E-state index contributed by atoms with van der Waals surface area (Å²) in [6.07, 6.45) is -0.0860. The maximum atomic E-state index is 10.7. The predicted molar refractivity (Wildman–Crippen MR) is 114 cm³/mol. The van der Waals surface area contributed by atoms with Gasteiger partial charge in [0, 0.05) is 11.9 Å². The van der Waals surface area contributed by atoms with Gasteiger partial charge in [-0.25, -0.2) is 11.1 Å². The molecule has 0 amide bonds. The van der Waals surface area contributed by atoms with Crippen LogP contribution in [0, 0.1) is 17.8 Å². The Labute approximate surface area is 204 Å². The lowest BCUT2D eigenvalue weighted by Crippen LogP contribution is -2.42. The van der Waals surface area contributed by atoms with Gasteiger partial charge in [-0.05, 0) is 19.3 Å². The molecule has 1 heterocycles. The fraction of sp³-hybridized carbons (Fsp3) is 0.857. The van der Waals surface area contributed by atoms with Crippen molar-refractivity contribution in [2.24, 2.45) is 17.8 Å². The van der Waals surface area contributed by atoms with Gasteiger partial charge in [0.1, 0.15) is 0 Å². The highest BCUT2D eigenvalue weighted by Gasteiger charge is 2.36. The van der Waals surface area contributed by atoms with Crippen molar-refractivity contribution in [1.82, 2.24) is 0 Å². The van der Waals surface area contributed by atoms with Crippen LogP contribution < -0.4 is 11.0 Å². The Hall–Kier alpha value is -1.91. The molecule has 6 N–H and O–H groups in total. The van der Waals surface area contributed by atoms with E-state index in [1.165, 1.54) is 0 Å². The van der Waals surface area contributed by atoms with Crippen molar-refractivity contribution >= 4 is 17.9 Å². The number of quaternary nitrogens is 1. The lowest BCUT2D eigenvalue weighted by Gasteiger charge is -2.31. The molecule has 1 aliphatic carbocycles. The molecule has 1 saturated heterocycles. The monoisotopic (exact) mass is 513 g/mol. The molecule has 14 heteroatoms. The van der Waals surface area contributed by atoms with Crippen LogP contribution in [0.2, 0.25) is 0 Å². The fourth-order valence-corrected chi connectivity index (χ4v) is 3.23. The summed E-state index contributed by atoms with van der Waals surface area (Å²) in [6.45, 7) is 7.04. The molecule has 2 rings (SSSR count). The molecule has 14 nitrogen and oxygen atoms in total.